The summed E-state index contributed by atoms with van der Waals surface area (Å²) in [6, 6.07) is 0. The Morgan fingerprint density at radius 1 is 1.11 bits per heavy atom. The number of methoxy groups -OCH3 is 1. The van der Waals surface area contributed by atoms with Crippen LogP contribution in [0.2, 0.25) is 5.15 Å². The number of hydrogen-bond acceptors (Lipinski definition) is 10. The highest BCUT2D eigenvalue weighted by atomic mass is 35.5. The summed E-state index contributed by atoms with van der Waals surface area (Å²) < 4.78 is 9.58. The second-order valence-electron chi connectivity index (χ2n) is 4.37. The number of aromatic carboxylic acids is 1. The van der Waals surface area contributed by atoms with Crippen LogP contribution < -0.4 is 4.74 Å². The van der Waals surface area contributed by atoms with E-state index >= 15 is 0 Å². The van der Waals surface area contributed by atoms with Gasteiger partial charge in [-0.3, -0.25) is 0 Å². The smallest absolute Gasteiger partial charge is 0.342 e. The van der Waals surface area contributed by atoms with Crippen LogP contribution in [0, 0.1) is 0 Å². The first-order valence-electron chi connectivity index (χ1n) is 7.29. The Labute approximate surface area is 169 Å². The molecule has 0 spiro atoms. The Balaban J connectivity index is 0.000000271. The van der Waals surface area contributed by atoms with Crippen molar-refractivity contribution in [3.63, 3.8) is 0 Å². The number of hydrogen-bond donors (Lipinski definition) is 1. The minimum Gasteiger partial charge on any atom is -0.480 e. The minimum absolute atomic E-state index is 0.0275. The van der Waals surface area contributed by atoms with E-state index in [0.29, 0.717) is 16.9 Å². The molecule has 0 aliphatic carbocycles. The lowest BCUT2D eigenvalue weighted by Gasteiger charge is -2.03. The number of esters is 1. The molecule has 0 bridgehead atoms. The van der Waals surface area contributed by atoms with Gasteiger partial charge in [-0.05, 0) is 19.4 Å². The molecular weight excluding hydrogens is 416 g/mol. The minimum atomic E-state index is -1.09. The molecule has 0 atom stereocenters. The maximum absolute atomic E-state index is 11.3. The van der Waals surface area contributed by atoms with E-state index in [0.717, 1.165) is 0 Å². The number of thioether (sulfide) groups is 2. The molecule has 2 rings (SSSR count). The van der Waals surface area contributed by atoms with Crippen LogP contribution in [0.5, 0.6) is 5.88 Å². The topological polar surface area (TPSA) is 124 Å². The van der Waals surface area contributed by atoms with Crippen LogP contribution in [0.1, 0.15) is 27.6 Å². The van der Waals surface area contributed by atoms with Gasteiger partial charge in [0, 0.05) is 12.4 Å². The molecule has 146 valence electrons. The number of rotatable bonds is 6. The second-order valence-corrected chi connectivity index (χ2v) is 6.27. The number of carboxylic acid groups (broad SMARTS) is 1. The van der Waals surface area contributed by atoms with Crippen molar-refractivity contribution in [2.45, 2.75) is 17.2 Å². The van der Waals surface area contributed by atoms with Crippen molar-refractivity contribution >= 4 is 47.1 Å². The summed E-state index contributed by atoms with van der Waals surface area (Å²) in [7, 11) is 1.37. The largest absolute Gasteiger partial charge is 0.480 e. The van der Waals surface area contributed by atoms with Gasteiger partial charge in [-0.15, -0.1) is 0 Å². The van der Waals surface area contributed by atoms with E-state index < -0.39 is 11.9 Å². The SMILES string of the molecule is CCOC(=O)c1cnc(SC)nc1Cl.COc1nc(SC)ncc1C(=O)O. The number of carbonyl (C=O) groups is 2. The molecule has 0 aliphatic heterocycles. The van der Waals surface area contributed by atoms with Crippen LogP contribution in [0.15, 0.2) is 22.7 Å². The summed E-state index contributed by atoms with van der Waals surface area (Å²) in [4.78, 5) is 37.4. The maximum atomic E-state index is 11.3. The quantitative estimate of drug-likeness (QED) is 0.313. The number of aromatic nitrogens is 4. The number of ether oxygens (including phenoxy) is 2. The van der Waals surface area contributed by atoms with Crippen molar-refractivity contribution in [1.82, 2.24) is 19.9 Å². The molecule has 0 saturated heterocycles. The van der Waals surface area contributed by atoms with E-state index in [1.54, 1.807) is 13.2 Å². The Kier molecular flexibility index (Phi) is 9.83. The Bertz CT molecular complexity index is 810. The van der Waals surface area contributed by atoms with E-state index in [2.05, 4.69) is 19.9 Å². The molecule has 0 aliphatic rings. The summed E-state index contributed by atoms with van der Waals surface area (Å²) in [6.07, 6.45) is 6.24. The first kappa shape index (κ1) is 22.9. The number of carbonyl (C=O) groups excluding carboxylic acids is 1. The molecule has 0 amide bonds. The predicted molar refractivity (Wildman–Crippen MR) is 102 cm³/mol. The average molecular weight is 433 g/mol. The first-order chi connectivity index (χ1) is 12.9. The highest BCUT2D eigenvalue weighted by molar-refractivity contribution is 7.98. The summed E-state index contributed by atoms with van der Waals surface area (Å²) in [5.41, 5.74) is 0.173. The first-order valence-corrected chi connectivity index (χ1v) is 10.1. The Morgan fingerprint density at radius 2 is 1.67 bits per heavy atom. The third-order valence-electron chi connectivity index (χ3n) is 2.74. The van der Waals surface area contributed by atoms with Crippen LogP contribution >= 0.6 is 35.1 Å². The van der Waals surface area contributed by atoms with Gasteiger partial charge in [0.1, 0.15) is 16.3 Å². The third-order valence-corrected chi connectivity index (χ3v) is 4.15. The van der Waals surface area contributed by atoms with Gasteiger partial charge in [0.15, 0.2) is 10.3 Å². The molecule has 0 unspecified atom stereocenters. The van der Waals surface area contributed by atoms with Gasteiger partial charge >= 0.3 is 11.9 Å². The van der Waals surface area contributed by atoms with E-state index in [1.807, 2.05) is 6.26 Å². The molecule has 9 nitrogen and oxygen atoms in total. The zero-order chi connectivity index (χ0) is 20.4. The summed E-state index contributed by atoms with van der Waals surface area (Å²) in [6.45, 7) is 2.03. The van der Waals surface area contributed by atoms with Crippen molar-refractivity contribution < 1.29 is 24.2 Å². The van der Waals surface area contributed by atoms with E-state index in [1.165, 1.54) is 43.0 Å². The van der Waals surface area contributed by atoms with E-state index in [4.69, 9.17) is 26.2 Å². The van der Waals surface area contributed by atoms with Crippen LogP contribution in [-0.2, 0) is 4.74 Å². The number of carboxylic acids is 1. The number of nitrogens with zero attached hydrogens (tertiary/aromatic N) is 4. The van der Waals surface area contributed by atoms with Gasteiger partial charge in [-0.25, -0.2) is 24.5 Å². The maximum Gasteiger partial charge on any atom is 0.342 e. The monoisotopic (exact) mass is 432 g/mol. The molecule has 1 N–H and O–H groups in total. The molecule has 2 aromatic heterocycles. The molecule has 0 saturated carbocycles. The summed E-state index contributed by atoms with van der Waals surface area (Å²) in [5.74, 6) is -1.50. The van der Waals surface area contributed by atoms with Crippen LogP contribution in [0.25, 0.3) is 0 Å². The van der Waals surface area contributed by atoms with Gasteiger partial charge in [0.25, 0.3) is 0 Å². The zero-order valence-corrected chi connectivity index (χ0v) is 17.3. The Hall–Kier alpha value is -2.11. The average Bonchev–Trinajstić information content (AvgIpc) is 2.67. The lowest BCUT2D eigenvalue weighted by atomic mass is 10.3. The standard InChI is InChI=1S/C8H9ClN2O2S.C7H8N2O3S/c1-3-13-7(12)5-4-10-8(14-2)11-6(5)9;1-12-5-4(6(10)11)3-8-7(9-5)13-2/h4H,3H2,1-2H3;3H,1-2H3,(H,10,11). The van der Waals surface area contributed by atoms with Crippen LogP contribution in [0.4, 0.5) is 0 Å². The molecule has 0 aromatic carbocycles. The fraction of sp³-hybridized carbons (Fsp3) is 0.333. The van der Waals surface area contributed by atoms with E-state index in [-0.39, 0.29) is 22.2 Å². The van der Waals surface area contributed by atoms with Crippen LogP contribution in [0.3, 0.4) is 0 Å². The van der Waals surface area contributed by atoms with Crippen molar-refractivity contribution in [2.24, 2.45) is 0 Å². The molecular formula is C15H17ClN4O5S2. The van der Waals surface area contributed by atoms with E-state index in [9.17, 15) is 9.59 Å². The van der Waals surface area contributed by atoms with Crippen molar-refractivity contribution in [3.8, 4) is 5.88 Å². The molecule has 2 aromatic rings. The fourth-order valence-electron chi connectivity index (χ4n) is 1.54. The highest BCUT2D eigenvalue weighted by Gasteiger charge is 2.14. The van der Waals surface area contributed by atoms with Crippen molar-refractivity contribution in [3.05, 3.63) is 28.7 Å². The molecule has 0 fully saturated rings. The van der Waals surface area contributed by atoms with Gasteiger partial charge in [-0.1, -0.05) is 35.1 Å². The lowest BCUT2D eigenvalue weighted by Crippen LogP contribution is -2.07. The summed E-state index contributed by atoms with van der Waals surface area (Å²) in [5, 5.41) is 9.84. The molecule has 27 heavy (non-hydrogen) atoms. The van der Waals surface area contributed by atoms with Gasteiger partial charge in [0.2, 0.25) is 5.88 Å². The van der Waals surface area contributed by atoms with Crippen LogP contribution in [-0.4, -0.2) is 63.2 Å². The summed E-state index contributed by atoms with van der Waals surface area (Å²) >= 11 is 8.46. The highest BCUT2D eigenvalue weighted by Crippen LogP contribution is 2.18. The third kappa shape index (κ3) is 6.85. The second kappa shape index (κ2) is 11.6. The molecule has 0 radical (unpaired) electrons. The Morgan fingerprint density at radius 3 is 2.11 bits per heavy atom. The predicted octanol–water partition coefficient (Wildman–Crippen LogP) is 2.93. The van der Waals surface area contributed by atoms with Gasteiger partial charge in [0.05, 0.1) is 13.7 Å². The van der Waals surface area contributed by atoms with Gasteiger partial charge < -0.3 is 14.6 Å². The van der Waals surface area contributed by atoms with Gasteiger partial charge in [-0.2, -0.15) is 4.98 Å². The van der Waals surface area contributed by atoms with Crippen molar-refractivity contribution in [1.29, 1.82) is 0 Å². The number of halogens is 1. The lowest BCUT2D eigenvalue weighted by molar-refractivity contribution is 0.0524. The molecule has 12 heteroatoms. The normalized spacial score (nSPS) is 9.81. The fourth-order valence-corrected chi connectivity index (χ4v) is 2.47. The zero-order valence-electron chi connectivity index (χ0n) is 14.9. The van der Waals surface area contributed by atoms with Crippen molar-refractivity contribution in [2.75, 3.05) is 26.2 Å². The molecule has 2 heterocycles.